The number of benzene rings is 1. The predicted molar refractivity (Wildman–Crippen MR) is 72.1 cm³/mol. The minimum absolute atomic E-state index is 0.00846. The van der Waals surface area contributed by atoms with Gasteiger partial charge in [0.15, 0.2) is 5.75 Å². The molecule has 20 heavy (non-hydrogen) atoms. The summed E-state index contributed by atoms with van der Waals surface area (Å²) in [5.74, 6) is 0.0294. The Kier molecular flexibility index (Phi) is 4.03. The van der Waals surface area contributed by atoms with Crippen molar-refractivity contribution in [2.75, 3.05) is 0 Å². The topological polar surface area (TPSA) is 89.0 Å². The van der Waals surface area contributed by atoms with Crippen molar-refractivity contribution in [3.05, 3.63) is 56.2 Å². The summed E-state index contributed by atoms with van der Waals surface area (Å²) in [6, 6.07) is 7.20. The van der Waals surface area contributed by atoms with E-state index in [0.29, 0.717) is 0 Å². The summed E-state index contributed by atoms with van der Waals surface area (Å²) >= 11 is 11.8. The Morgan fingerprint density at radius 2 is 2.00 bits per heavy atom. The van der Waals surface area contributed by atoms with E-state index in [1.165, 1.54) is 12.3 Å². The molecule has 0 atom stereocenters. The maximum absolute atomic E-state index is 10.7. The summed E-state index contributed by atoms with van der Waals surface area (Å²) in [5, 5.41) is 19.5. The average Bonchev–Trinajstić information content (AvgIpc) is 2.42. The number of hydrogen-bond acceptors (Lipinski definition) is 5. The minimum atomic E-state index is -0.622. The van der Waals surface area contributed by atoms with E-state index in [2.05, 4.69) is 4.98 Å². The zero-order valence-electron chi connectivity index (χ0n) is 9.71. The number of aromatic nitrogens is 1. The molecule has 0 N–H and O–H groups in total. The van der Waals surface area contributed by atoms with Crippen LogP contribution in [0.25, 0.3) is 0 Å². The van der Waals surface area contributed by atoms with Gasteiger partial charge in [-0.25, -0.2) is 4.98 Å². The molecule has 1 aromatic carbocycles. The summed E-state index contributed by atoms with van der Waals surface area (Å²) in [5.41, 5.74) is -0.0631. The Bertz CT molecular complexity index is 705. The van der Waals surface area contributed by atoms with E-state index in [1.807, 2.05) is 6.07 Å². The second kappa shape index (κ2) is 5.74. The fourth-order valence-corrected chi connectivity index (χ4v) is 1.96. The van der Waals surface area contributed by atoms with Gasteiger partial charge in [-0.1, -0.05) is 23.2 Å². The van der Waals surface area contributed by atoms with Gasteiger partial charge < -0.3 is 4.74 Å². The highest BCUT2D eigenvalue weighted by Gasteiger charge is 2.17. The molecule has 0 aliphatic carbocycles. The van der Waals surface area contributed by atoms with Gasteiger partial charge in [0.2, 0.25) is 5.88 Å². The van der Waals surface area contributed by atoms with E-state index < -0.39 is 4.92 Å². The average molecular weight is 310 g/mol. The van der Waals surface area contributed by atoms with Crippen molar-refractivity contribution in [2.45, 2.75) is 0 Å². The van der Waals surface area contributed by atoms with Crippen LogP contribution in [0.5, 0.6) is 11.6 Å². The molecule has 0 saturated carbocycles. The molecule has 0 aliphatic heterocycles. The summed E-state index contributed by atoms with van der Waals surface area (Å²) in [6.07, 6.45) is 1.43. The fourth-order valence-electron chi connectivity index (χ4n) is 1.40. The SMILES string of the molecule is N#Cc1cccnc1Oc1c(Cl)cc([N+](=O)[O-])cc1Cl. The number of nitrogens with zero attached hydrogens (tertiary/aromatic N) is 3. The zero-order chi connectivity index (χ0) is 14.7. The molecule has 0 radical (unpaired) electrons. The van der Waals surface area contributed by atoms with Gasteiger partial charge >= 0.3 is 0 Å². The van der Waals surface area contributed by atoms with E-state index >= 15 is 0 Å². The van der Waals surface area contributed by atoms with Gasteiger partial charge in [-0.15, -0.1) is 0 Å². The highest BCUT2D eigenvalue weighted by atomic mass is 35.5. The number of pyridine rings is 1. The number of nitro groups is 1. The summed E-state index contributed by atoms with van der Waals surface area (Å²) in [7, 11) is 0. The lowest BCUT2D eigenvalue weighted by Crippen LogP contribution is -1.94. The van der Waals surface area contributed by atoms with Crippen LogP contribution >= 0.6 is 23.2 Å². The summed E-state index contributed by atoms with van der Waals surface area (Å²) in [6.45, 7) is 0. The monoisotopic (exact) mass is 309 g/mol. The molecule has 0 aliphatic rings. The first-order chi connectivity index (χ1) is 9.52. The number of non-ortho nitro benzene ring substituents is 1. The summed E-state index contributed by atoms with van der Waals surface area (Å²) < 4.78 is 5.38. The molecule has 1 aromatic heterocycles. The molecule has 0 bridgehead atoms. The largest absolute Gasteiger partial charge is 0.435 e. The molecule has 8 heteroatoms. The third-order valence-corrected chi connectivity index (χ3v) is 2.85. The Hall–Kier alpha value is -2.36. The molecule has 100 valence electrons. The van der Waals surface area contributed by atoms with Gasteiger partial charge in [-0.3, -0.25) is 10.1 Å². The van der Waals surface area contributed by atoms with Crippen molar-refractivity contribution >= 4 is 28.9 Å². The van der Waals surface area contributed by atoms with Gasteiger partial charge in [0.05, 0.1) is 15.0 Å². The number of rotatable bonds is 3. The van der Waals surface area contributed by atoms with Crippen LogP contribution in [-0.2, 0) is 0 Å². The summed E-state index contributed by atoms with van der Waals surface area (Å²) in [4.78, 5) is 13.9. The third-order valence-electron chi connectivity index (χ3n) is 2.28. The van der Waals surface area contributed by atoms with Crippen molar-refractivity contribution < 1.29 is 9.66 Å². The van der Waals surface area contributed by atoms with E-state index in [9.17, 15) is 10.1 Å². The van der Waals surface area contributed by atoms with Gasteiger partial charge in [0, 0.05) is 18.3 Å². The van der Waals surface area contributed by atoms with Crippen molar-refractivity contribution in [1.29, 1.82) is 5.26 Å². The normalized spacial score (nSPS) is 9.85. The van der Waals surface area contributed by atoms with E-state index in [1.54, 1.807) is 6.07 Å². The Morgan fingerprint density at radius 3 is 2.55 bits per heavy atom. The van der Waals surface area contributed by atoms with Crippen LogP contribution in [-0.4, -0.2) is 9.91 Å². The number of nitriles is 1. The van der Waals surface area contributed by atoms with Crippen molar-refractivity contribution in [3.8, 4) is 17.7 Å². The Morgan fingerprint density at radius 1 is 1.35 bits per heavy atom. The lowest BCUT2D eigenvalue weighted by atomic mass is 10.3. The fraction of sp³-hybridized carbons (Fsp3) is 0. The van der Waals surface area contributed by atoms with E-state index in [4.69, 9.17) is 33.2 Å². The number of hydrogen-bond donors (Lipinski definition) is 0. The molecule has 1 heterocycles. The van der Waals surface area contributed by atoms with E-state index in [0.717, 1.165) is 12.1 Å². The highest BCUT2D eigenvalue weighted by molar-refractivity contribution is 6.37. The molecule has 0 spiro atoms. The van der Waals surface area contributed by atoms with Crippen LogP contribution in [0.4, 0.5) is 5.69 Å². The lowest BCUT2D eigenvalue weighted by Gasteiger charge is -2.09. The van der Waals surface area contributed by atoms with Crippen LogP contribution in [0.2, 0.25) is 10.0 Å². The van der Waals surface area contributed by atoms with Crippen LogP contribution in [0.1, 0.15) is 5.56 Å². The molecular formula is C12H5Cl2N3O3. The molecule has 0 amide bonds. The van der Waals surface area contributed by atoms with Crippen LogP contribution in [0.15, 0.2) is 30.5 Å². The third kappa shape index (κ3) is 2.79. The molecule has 2 aromatic rings. The number of nitro benzene ring substituents is 1. The number of ether oxygens (including phenoxy) is 1. The lowest BCUT2D eigenvalue weighted by molar-refractivity contribution is -0.384. The molecule has 2 rings (SSSR count). The van der Waals surface area contributed by atoms with Gasteiger partial charge in [-0.2, -0.15) is 5.26 Å². The molecule has 0 fully saturated rings. The maximum Gasteiger partial charge on any atom is 0.272 e. The molecule has 0 unspecified atom stereocenters. The standard InChI is InChI=1S/C12H5Cl2N3O3/c13-9-4-8(17(18)19)5-10(14)11(9)20-12-7(6-15)2-1-3-16-12/h1-5H. The van der Waals surface area contributed by atoms with Crippen LogP contribution < -0.4 is 4.74 Å². The predicted octanol–water partition coefficient (Wildman–Crippen LogP) is 3.96. The van der Waals surface area contributed by atoms with E-state index in [-0.39, 0.29) is 32.9 Å². The Balaban J connectivity index is 2.45. The van der Waals surface area contributed by atoms with Gasteiger partial charge in [0.1, 0.15) is 11.6 Å². The number of halogens is 2. The first-order valence-electron chi connectivity index (χ1n) is 5.19. The zero-order valence-corrected chi connectivity index (χ0v) is 11.2. The van der Waals surface area contributed by atoms with Crippen molar-refractivity contribution in [1.82, 2.24) is 4.98 Å². The van der Waals surface area contributed by atoms with Crippen molar-refractivity contribution in [3.63, 3.8) is 0 Å². The van der Waals surface area contributed by atoms with Crippen LogP contribution in [0, 0.1) is 21.4 Å². The minimum Gasteiger partial charge on any atom is -0.435 e. The molecular weight excluding hydrogens is 305 g/mol. The van der Waals surface area contributed by atoms with Gasteiger partial charge in [0.25, 0.3) is 5.69 Å². The maximum atomic E-state index is 10.7. The first kappa shape index (κ1) is 14.1. The second-order valence-corrected chi connectivity index (χ2v) is 4.38. The molecule has 6 nitrogen and oxygen atoms in total. The Labute approximate surface area is 123 Å². The molecule has 0 saturated heterocycles. The van der Waals surface area contributed by atoms with Gasteiger partial charge in [-0.05, 0) is 12.1 Å². The van der Waals surface area contributed by atoms with Crippen molar-refractivity contribution in [2.24, 2.45) is 0 Å². The first-order valence-corrected chi connectivity index (χ1v) is 5.95. The second-order valence-electron chi connectivity index (χ2n) is 3.57. The van der Waals surface area contributed by atoms with Crippen LogP contribution in [0.3, 0.4) is 0 Å². The highest BCUT2D eigenvalue weighted by Crippen LogP contribution is 2.39. The quantitative estimate of drug-likeness (QED) is 0.632. The smallest absolute Gasteiger partial charge is 0.272 e.